The van der Waals surface area contributed by atoms with Crippen LogP contribution in [0, 0.1) is 0 Å². The molecule has 24 heavy (non-hydrogen) atoms. The number of rotatable bonds is 2. The van der Waals surface area contributed by atoms with Crippen LogP contribution in [-0.4, -0.2) is 45.1 Å². The quantitative estimate of drug-likeness (QED) is 0.785. The maximum atomic E-state index is 12.7. The summed E-state index contributed by atoms with van der Waals surface area (Å²) in [5.41, 5.74) is 5.26. The smallest absolute Gasteiger partial charge is 0.255 e. The molecule has 2 aliphatic heterocycles. The summed E-state index contributed by atoms with van der Waals surface area (Å²) in [7, 11) is 0. The molecule has 0 bridgehead atoms. The average molecular weight is 322 g/mol. The van der Waals surface area contributed by atoms with Gasteiger partial charge in [-0.15, -0.1) is 0 Å². The van der Waals surface area contributed by atoms with Crippen LogP contribution < -0.4 is 0 Å². The van der Waals surface area contributed by atoms with E-state index in [2.05, 4.69) is 10.2 Å². The summed E-state index contributed by atoms with van der Waals surface area (Å²) < 4.78 is 7.53. The molecule has 6 nitrogen and oxygen atoms in total. The van der Waals surface area contributed by atoms with Crippen molar-refractivity contribution in [3.63, 3.8) is 0 Å². The fourth-order valence-corrected chi connectivity index (χ4v) is 3.64. The van der Waals surface area contributed by atoms with Gasteiger partial charge in [-0.05, 0) is 18.2 Å². The van der Waals surface area contributed by atoms with Crippen molar-refractivity contribution in [2.75, 3.05) is 19.7 Å². The number of ether oxygens (including phenoxy) is 1. The van der Waals surface area contributed by atoms with Crippen LogP contribution in [0.1, 0.15) is 33.2 Å². The molecule has 0 spiro atoms. The van der Waals surface area contributed by atoms with Crippen molar-refractivity contribution < 1.29 is 9.53 Å². The number of carbonyl (C=O) groups excluding carboxylic acids is 1. The van der Waals surface area contributed by atoms with Gasteiger partial charge in [-0.1, -0.05) is 6.07 Å². The fourth-order valence-electron chi connectivity index (χ4n) is 3.64. The van der Waals surface area contributed by atoms with E-state index >= 15 is 0 Å². The molecule has 3 aromatic heterocycles. The molecule has 0 aromatic carbocycles. The van der Waals surface area contributed by atoms with Gasteiger partial charge in [0, 0.05) is 54.6 Å². The van der Waals surface area contributed by atoms with Crippen molar-refractivity contribution in [2.24, 2.45) is 0 Å². The first-order chi connectivity index (χ1) is 11.8. The van der Waals surface area contributed by atoms with Crippen LogP contribution in [0.4, 0.5) is 0 Å². The first-order valence-corrected chi connectivity index (χ1v) is 8.29. The molecular weight excluding hydrogens is 304 g/mol. The van der Waals surface area contributed by atoms with Crippen LogP contribution in [0.3, 0.4) is 0 Å². The van der Waals surface area contributed by atoms with Crippen LogP contribution in [0.25, 0.3) is 5.52 Å². The van der Waals surface area contributed by atoms with Crippen LogP contribution in [0.5, 0.6) is 0 Å². The summed E-state index contributed by atoms with van der Waals surface area (Å²) in [4.78, 5) is 14.6. The molecule has 5 rings (SSSR count). The normalized spacial score (nSPS) is 17.8. The summed E-state index contributed by atoms with van der Waals surface area (Å²) in [6, 6.07) is 7.89. The predicted molar refractivity (Wildman–Crippen MR) is 88.0 cm³/mol. The topological polar surface area (TPSA) is 62.6 Å². The lowest BCUT2D eigenvalue weighted by atomic mass is 9.91. The zero-order valence-corrected chi connectivity index (χ0v) is 13.2. The van der Waals surface area contributed by atoms with E-state index in [1.807, 2.05) is 46.0 Å². The largest absolute Gasteiger partial charge is 0.376 e. The Bertz CT molecular complexity index is 887. The third-order valence-corrected chi connectivity index (χ3v) is 5.03. The molecule has 0 saturated carbocycles. The second kappa shape index (κ2) is 5.21. The molecule has 1 amide bonds. The van der Waals surface area contributed by atoms with Gasteiger partial charge in [-0.2, -0.15) is 5.10 Å². The van der Waals surface area contributed by atoms with Gasteiger partial charge in [0.15, 0.2) is 0 Å². The van der Waals surface area contributed by atoms with E-state index in [-0.39, 0.29) is 5.91 Å². The molecule has 1 fully saturated rings. The fraction of sp³-hybridized carbons (Fsp3) is 0.333. The highest BCUT2D eigenvalue weighted by atomic mass is 16.5. The molecule has 1 N–H and O–H groups in total. The molecule has 1 saturated heterocycles. The Balaban J connectivity index is 1.32. The number of amides is 1. The number of nitrogens with one attached hydrogen (secondary N) is 1. The van der Waals surface area contributed by atoms with E-state index in [1.54, 1.807) is 0 Å². The Kier molecular flexibility index (Phi) is 2.99. The number of hydrogen-bond donors (Lipinski definition) is 1. The lowest BCUT2D eigenvalue weighted by Gasteiger charge is -2.38. The number of likely N-dealkylation sites (tertiary alicyclic amines) is 1. The van der Waals surface area contributed by atoms with Gasteiger partial charge in [0.2, 0.25) is 0 Å². The van der Waals surface area contributed by atoms with Gasteiger partial charge in [0.25, 0.3) is 5.91 Å². The highest BCUT2D eigenvalue weighted by molar-refractivity contribution is 5.96. The lowest BCUT2D eigenvalue weighted by Crippen LogP contribution is -2.48. The second-order valence-corrected chi connectivity index (χ2v) is 6.54. The van der Waals surface area contributed by atoms with Gasteiger partial charge >= 0.3 is 0 Å². The number of aromatic nitrogens is 3. The highest BCUT2D eigenvalue weighted by Crippen LogP contribution is 2.32. The molecule has 3 aromatic rings. The molecule has 0 radical (unpaired) electrons. The molecule has 0 aliphatic carbocycles. The molecule has 6 heteroatoms. The average Bonchev–Trinajstić information content (AvgIpc) is 3.18. The van der Waals surface area contributed by atoms with Crippen LogP contribution in [-0.2, 0) is 17.8 Å². The standard InChI is InChI=1S/C18H18N4O2/c23-18(12-7-14-3-1-2-5-21(14)8-12)22-9-13(10-22)17-15-11-24-6-4-16(15)19-20-17/h1-3,5,7-8,13H,4,6,9-11H2,(H,19,20). The summed E-state index contributed by atoms with van der Waals surface area (Å²) in [6.07, 6.45) is 4.76. The van der Waals surface area contributed by atoms with Crippen molar-refractivity contribution in [1.29, 1.82) is 0 Å². The molecule has 2 aliphatic rings. The number of nitrogens with zero attached hydrogens (tertiary/aromatic N) is 3. The van der Waals surface area contributed by atoms with Crippen LogP contribution >= 0.6 is 0 Å². The van der Waals surface area contributed by atoms with Gasteiger partial charge in [-0.3, -0.25) is 9.89 Å². The van der Waals surface area contributed by atoms with E-state index in [1.165, 1.54) is 11.3 Å². The van der Waals surface area contributed by atoms with Gasteiger partial charge in [0.05, 0.1) is 24.5 Å². The minimum Gasteiger partial charge on any atom is -0.376 e. The number of carbonyl (C=O) groups is 1. The maximum Gasteiger partial charge on any atom is 0.255 e. The SMILES string of the molecule is O=C(c1cc2ccccn2c1)N1CC(c2n[nH]c3c2COCC3)C1. The molecule has 122 valence electrons. The number of hydrogen-bond acceptors (Lipinski definition) is 3. The first kappa shape index (κ1) is 13.8. The molecular formula is C18H18N4O2. The first-order valence-electron chi connectivity index (χ1n) is 8.29. The summed E-state index contributed by atoms with van der Waals surface area (Å²) >= 11 is 0. The lowest BCUT2D eigenvalue weighted by molar-refractivity contribution is 0.0593. The van der Waals surface area contributed by atoms with Crippen molar-refractivity contribution in [3.05, 3.63) is 59.2 Å². The Morgan fingerprint density at radius 3 is 3.12 bits per heavy atom. The maximum absolute atomic E-state index is 12.7. The Labute approximate surface area is 139 Å². The van der Waals surface area contributed by atoms with E-state index in [0.29, 0.717) is 12.5 Å². The summed E-state index contributed by atoms with van der Waals surface area (Å²) in [5.74, 6) is 0.406. The number of pyridine rings is 1. The van der Waals surface area contributed by atoms with Crippen LogP contribution in [0.2, 0.25) is 0 Å². The number of aromatic amines is 1. The minimum atomic E-state index is 0.0932. The minimum absolute atomic E-state index is 0.0932. The predicted octanol–water partition coefficient (Wildman–Crippen LogP) is 1.97. The van der Waals surface area contributed by atoms with Crippen molar-refractivity contribution >= 4 is 11.4 Å². The number of fused-ring (bicyclic) bond motifs is 2. The number of H-pyrrole nitrogens is 1. The Morgan fingerprint density at radius 1 is 1.33 bits per heavy atom. The van der Waals surface area contributed by atoms with E-state index in [4.69, 9.17) is 4.74 Å². The van der Waals surface area contributed by atoms with E-state index in [0.717, 1.165) is 42.9 Å². The molecule has 5 heterocycles. The highest BCUT2D eigenvalue weighted by Gasteiger charge is 2.36. The summed E-state index contributed by atoms with van der Waals surface area (Å²) in [6.45, 7) is 2.84. The Morgan fingerprint density at radius 2 is 2.25 bits per heavy atom. The third kappa shape index (κ3) is 2.06. The Hall–Kier alpha value is -2.60. The van der Waals surface area contributed by atoms with Crippen molar-refractivity contribution in [2.45, 2.75) is 18.9 Å². The van der Waals surface area contributed by atoms with Gasteiger partial charge in [0.1, 0.15) is 0 Å². The summed E-state index contributed by atoms with van der Waals surface area (Å²) in [5, 5.41) is 7.61. The van der Waals surface area contributed by atoms with Crippen molar-refractivity contribution in [3.8, 4) is 0 Å². The van der Waals surface area contributed by atoms with Gasteiger partial charge in [-0.25, -0.2) is 0 Å². The zero-order valence-electron chi connectivity index (χ0n) is 13.2. The molecule has 0 unspecified atom stereocenters. The second-order valence-electron chi connectivity index (χ2n) is 6.54. The molecule has 0 atom stereocenters. The third-order valence-electron chi connectivity index (χ3n) is 5.03. The zero-order chi connectivity index (χ0) is 16.1. The van der Waals surface area contributed by atoms with E-state index < -0.39 is 0 Å². The van der Waals surface area contributed by atoms with Crippen LogP contribution in [0.15, 0.2) is 36.7 Å². The van der Waals surface area contributed by atoms with E-state index in [9.17, 15) is 4.79 Å². The monoisotopic (exact) mass is 322 g/mol. The van der Waals surface area contributed by atoms with Gasteiger partial charge < -0.3 is 14.0 Å². The van der Waals surface area contributed by atoms with Crippen molar-refractivity contribution in [1.82, 2.24) is 19.5 Å².